The zero-order valence-electron chi connectivity index (χ0n) is 20.8. The van der Waals surface area contributed by atoms with Gasteiger partial charge in [-0.15, -0.1) is 0 Å². The van der Waals surface area contributed by atoms with Gasteiger partial charge in [-0.1, -0.05) is 25.1 Å². The maximum Gasteiger partial charge on any atom is 0.242 e. The van der Waals surface area contributed by atoms with Gasteiger partial charge < -0.3 is 10.2 Å². The number of hydrogen-bond acceptors (Lipinski definition) is 4. The highest BCUT2D eigenvalue weighted by Gasteiger charge is 2.28. The van der Waals surface area contributed by atoms with Gasteiger partial charge in [0, 0.05) is 37.2 Å². The molecule has 2 aromatic rings. The summed E-state index contributed by atoms with van der Waals surface area (Å²) in [5, 5.41) is 2.81. The molecule has 0 aliphatic heterocycles. The van der Waals surface area contributed by atoms with Crippen LogP contribution in [0.1, 0.15) is 45.6 Å². The van der Waals surface area contributed by atoms with Crippen molar-refractivity contribution in [2.45, 2.75) is 58.7 Å². The summed E-state index contributed by atoms with van der Waals surface area (Å²) in [6, 6.07) is 7.60. The Morgan fingerprint density at radius 1 is 1.00 bits per heavy atom. The van der Waals surface area contributed by atoms with Gasteiger partial charge in [0.15, 0.2) is 11.6 Å². The number of carbonyl (C=O) groups excluding carboxylic acids is 2. The number of nitrogens with zero attached hydrogens (tertiary/aromatic N) is 2. The first-order valence-corrected chi connectivity index (χ1v) is 13.5. The van der Waals surface area contributed by atoms with Crippen LogP contribution in [0.4, 0.5) is 18.9 Å². The van der Waals surface area contributed by atoms with Crippen molar-refractivity contribution in [2.24, 2.45) is 0 Å². The van der Waals surface area contributed by atoms with E-state index in [-0.39, 0.29) is 43.2 Å². The third-order valence-corrected chi connectivity index (χ3v) is 7.00. The van der Waals surface area contributed by atoms with E-state index in [0.29, 0.717) is 6.42 Å². The van der Waals surface area contributed by atoms with Gasteiger partial charge in [-0.05, 0) is 44.9 Å². The summed E-state index contributed by atoms with van der Waals surface area (Å²) >= 11 is 0. The second kappa shape index (κ2) is 12.8. The van der Waals surface area contributed by atoms with Crippen molar-refractivity contribution in [1.82, 2.24) is 10.2 Å². The van der Waals surface area contributed by atoms with Crippen LogP contribution in [-0.4, -0.2) is 50.0 Å². The van der Waals surface area contributed by atoms with Crippen LogP contribution in [0.5, 0.6) is 0 Å². The lowest BCUT2D eigenvalue weighted by molar-refractivity contribution is -0.141. The predicted molar refractivity (Wildman–Crippen MR) is 132 cm³/mol. The van der Waals surface area contributed by atoms with E-state index in [9.17, 15) is 31.2 Å². The van der Waals surface area contributed by atoms with E-state index in [0.717, 1.165) is 28.8 Å². The van der Waals surface area contributed by atoms with Gasteiger partial charge in [-0.3, -0.25) is 13.9 Å². The van der Waals surface area contributed by atoms with Crippen molar-refractivity contribution in [3.05, 3.63) is 65.5 Å². The Hall–Kier alpha value is -3.08. The quantitative estimate of drug-likeness (QED) is 0.452. The van der Waals surface area contributed by atoms with Gasteiger partial charge in [-0.25, -0.2) is 21.6 Å². The molecule has 0 aliphatic rings. The highest BCUT2D eigenvalue weighted by atomic mass is 32.2. The van der Waals surface area contributed by atoms with Gasteiger partial charge in [-0.2, -0.15) is 0 Å². The predicted octanol–water partition coefficient (Wildman–Crippen LogP) is 3.98. The maximum atomic E-state index is 14.3. The van der Waals surface area contributed by atoms with E-state index < -0.39 is 45.3 Å². The lowest BCUT2D eigenvalue weighted by Gasteiger charge is -2.30. The first-order chi connectivity index (χ1) is 16.8. The van der Waals surface area contributed by atoms with Crippen molar-refractivity contribution in [3.63, 3.8) is 0 Å². The summed E-state index contributed by atoms with van der Waals surface area (Å²) in [6.45, 7) is 4.93. The Balaban J connectivity index is 2.20. The number of anilines is 1. The number of halogens is 3. The number of nitrogens with one attached hydrogen (secondary N) is 1. The van der Waals surface area contributed by atoms with E-state index in [1.807, 2.05) is 13.8 Å². The third kappa shape index (κ3) is 7.97. The highest BCUT2D eigenvalue weighted by molar-refractivity contribution is 7.92. The van der Waals surface area contributed by atoms with Gasteiger partial charge in [0.1, 0.15) is 11.9 Å². The second-order valence-corrected chi connectivity index (χ2v) is 10.6. The summed E-state index contributed by atoms with van der Waals surface area (Å²) in [4.78, 5) is 27.2. The minimum absolute atomic E-state index is 0.0262. The number of benzene rings is 2. The van der Waals surface area contributed by atoms with Crippen molar-refractivity contribution >= 4 is 27.5 Å². The molecule has 2 amide bonds. The molecule has 11 heteroatoms. The molecular formula is C25H32F3N3O4S. The van der Waals surface area contributed by atoms with E-state index >= 15 is 0 Å². The molecule has 0 spiro atoms. The molecular weight excluding hydrogens is 495 g/mol. The van der Waals surface area contributed by atoms with Crippen LogP contribution in [0, 0.1) is 17.5 Å². The number of hydrogen-bond donors (Lipinski definition) is 1. The van der Waals surface area contributed by atoms with Gasteiger partial charge in [0.25, 0.3) is 0 Å². The van der Waals surface area contributed by atoms with Crippen LogP contribution in [0.25, 0.3) is 0 Å². The summed E-state index contributed by atoms with van der Waals surface area (Å²) in [5.74, 6) is -3.71. The normalized spacial score (nSPS) is 13.1. The van der Waals surface area contributed by atoms with Crippen molar-refractivity contribution < 1.29 is 31.2 Å². The van der Waals surface area contributed by atoms with Crippen molar-refractivity contribution in [1.29, 1.82) is 0 Å². The van der Waals surface area contributed by atoms with E-state index in [1.165, 1.54) is 23.1 Å². The van der Waals surface area contributed by atoms with Crippen LogP contribution in [-0.2, 0) is 26.2 Å². The van der Waals surface area contributed by atoms with Crippen LogP contribution in [0.2, 0.25) is 0 Å². The molecule has 0 heterocycles. The minimum Gasteiger partial charge on any atom is -0.352 e. The first kappa shape index (κ1) is 29.2. The molecule has 0 fully saturated rings. The number of carbonyl (C=O) groups is 2. The molecule has 0 aromatic heterocycles. The van der Waals surface area contributed by atoms with E-state index in [2.05, 4.69) is 5.32 Å². The highest BCUT2D eigenvalue weighted by Crippen LogP contribution is 2.22. The molecule has 0 aliphatic carbocycles. The van der Waals surface area contributed by atoms with Gasteiger partial charge in [0.05, 0.1) is 11.9 Å². The van der Waals surface area contributed by atoms with Crippen LogP contribution < -0.4 is 9.62 Å². The Morgan fingerprint density at radius 3 is 2.25 bits per heavy atom. The molecule has 2 aromatic carbocycles. The Kier molecular flexibility index (Phi) is 10.3. The Bertz CT molecular complexity index is 1180. The average molecular weight is 528 g/mol. The maximum absolute atomic E-state index is 14.3. The standard InChI is InChI=1S/C25H32F3N3O4S/c1-5-17(2)29-25(33)18(3)30(16-19-9-6-7-10-21(19)26)24(32)11-8-14-31(36(4,34)35)20-12-13-22(27)23(28)15-20/h6-7,9-10,12-13,15,17-18H,5,8,11,14,16H2,1-4H3,(H,29,33)/t17-,18-/m0/s1. The molecule has 36 heavy (non-hydrogen) atoms. The molecule has 2 rings (SSSR count). The molecule has 0 bridgehead atoms. The third-order valence-electron chi connectivity index (χ3n) is 5.81. The fraction of sp³-hybridized carbons (Fsp3) is 0.440. The SMILES string of the molecule is CC[C@H](C)NC(=O)[C@H](C)N(Cc1ccccc1F)C(=O)CCCN(c1ccc(F)c(F)c1)S(C)(=O)=O. The zero-order chi connectivity index (χ0) is 27.0. The molecule has 198 valence electrons. The lowest BCUT2D eigenvalue weighted by atomic mass is 10.1. The summed E-state index contributed by atoms with van der Waals surface area (Å²) in [5.41, 5.74) is 0.155. The largest absolute Gasteiger partial charge is 0.352 e. The number of amides is 2. The molecule has 0 saturated carbocycles. The second-order valence-electron chi connectivity index (χ2n) is 8.64. The summed E-state index contributed by atoms with van der Waals surface area (Å²) in [6.07, 6.45) is 1.47. The lowest BCUT2D eigenvalue weighted by Crippen LogP contribution is -2.49. The van der Waals surface area contributed by atoms with Crippen LogP contribution in [0.15, 0.2) is 42.5 Å². The van der Waals surface area contributed by atoms with Crippen LogP contribution >= 0.6 is 0 Å². The number of sulfonamides is 1. The Morgan fingerprint density at radius 2 is 1.67 bits per heavy atom. The monoisotopic (exact) mass is 527 g/mol. The molecule has 7 nitrogen and oxygen atoms in total. The summed E-state index contributed by atoms with van der Waals surface area (Å²) < 4.78 is 66.7. The smallest absolute Gasteiger partial charge is 0.242 e. The summed E-state index contributed by atoms with van der Waals surface area (Å²) in [7, 11) is -3.86. The first-order valence-electron chi connectivity index (χ1n) is 11.6. The zero-order valence-corrected chi connectivity index (χ0v) is 21.6. The fourth-order valence-corrected chi connectivity index (χ4v) is 4.46. The average Bonchev–Trinajstić information content (AvgIpc) is 2.81. The molecule has 1 N–H and O–H groups in total. The van der Waals surface area contributed by atoms with Crippen molar-refractivity contribution in [3.8, 4) is 0 Å². The minimum atomic E-state index is -3.86. The molecule has 0 saturated heterocycles. The molecule has 2 atom stereocenters. The number of rotatable bonds is 12. The fourth-order valence-electron chi connectivity index (χ4n) is 3.50. The van der Waals surface area contributed by atoms with E-state index in [4.69, 9.17) is 0 Å². The Labute approximate surface area is 210 Å². The molecule has 0 radical (unpaired) electrons. The molecule has 0 unspecified atom stereocenters. The van der Waals surface area contributed by atoms with Gasteiger partial charge >= 0.3 is 0 Å². The van der Waals surface area contributed by atoms with Crippen LogP contribution in [0.3, 0.4) is 0 Å². The van der Waals surface area contributed by atoms with Gasteiger partial charge in [0.2, 0.25) is 21.8 Å². The van der Waals surface area contributed by atoms with Crippen molar-refractivity contribution in [2.75, 3.05) is 17.1 Å². The van der Waals surface area contributed by atoms with E-state index in [1.54, 1.807) is 13.0 Å². The topological polar surface area (TPSA) is 86.8 Å².